The molecule has 0 bridgehead atoms. The minimum absolute atomic E-state index is 0.109. The van der Waals surface area contributed by atoms with E-state index in [0.717, 1.165) is 103 Å². The summed E-state index contributed by atoms with van der Waals surface area (Å²) in [6.07, 6.45) is 44.3. The molecule has 0 amide bonds. The van der Waals surface area contributed by atoms with Gasteiger partial charge in [-0.2, -0.15) is 0 Å². The van der Waals surface area contributed by atoms with E-state index in [1.54, 1.807) is 0 Å². The van der Waals surface area contributed by atoms with Crippen molar-refractivity contribution in [2.75, 3.05) is 26.4 Å². The van der Waals surface area contributed by atoms with Crippen molar-refractivity contribution in [1.82, 2.24) is 0 Å². The highest BCUT2D eigenvalue weighted by molar-refractivity contribution is 5.69. The number of carbonyl (C=O) groups excluding carboxylic acids is 1. The lowest BCUT2D eigenvalue weighted by Gasteiger charge is -2.39. The third-order valence-electron chi connectivity index (χ3n) is 9.00. The molecule has 0 radical (unpaired) electrons. The molecular formula is C47H76O9. The van der Waals surface area contributed by atoms with Crippen LogP contribution >= 0.6 is 0 Å². The van der Waals surface area contributed by atoms with E-state index < -0.39 is 43.4 Å². The van der Waals surface area contributed by atoms with Gasteiger partial charge in [0.05, 0.1) is 19.8 Å². The second kappa shape index (κ2) is 37.7. The molecule has 1 fully saturated rings. The quantitative estimate of drug-likeness (QED) is 0.0286. The van der Waals surface area contributed by atoms with Crippen molar-refractivity contribution in [3.8, 4) is 0 Å². The van der Waals surface area contributed by atoms with Crippen molar-refractivity contribution < 1.29 is 44.2 Å². The molecule has 56 heavy (non-hydrogen) atoms. The number of ether oxygens (including phenoxy) is 4. The Bertz CT molecular complexity index is 1170. The molecule has 9 nitrogen and oxygen atoms in total. The zero-order valence-electron chi connectivity index (χ0n) is 34.6. The van der Waals surface area contributed by atoms with Crippen LogP contribution in [0.1, 0.15) is 129 Å². The van der Waals surface area contributed by atoms with Gasteiger partial charge in [0.2, 0.25) is 0 Å². The maximum atomic E-state index is 12.8. The number of aliphatic hydroxyl groups is 4. The maximum absolute atomic E-state index is 12.8. The molecule has 6 atom stereocenters. The van der Waals surface area contributed by atoms with Gasteiger partial charge in [-0.3, -0.25) is 4.79 Å². The van der Waals surface area contributed by atoms with Gasteiger partial charge in [0.1, 0.15) is 30.5 Å². The molecule has 0 aromatic rings. The Balaban J connectivity index is 2.35. The largest absolute Gasteiger partial charge is 0.457 e. The maximum Gasteiger partial charge on any atom is 0.306 e. The number of unbranched alkanes of at least 4 members (excludes halogenated alkanes) is 7. The van der Waals surface area contributed by atoms with Crippen molar-refractivity contribution in [2.45, 2.75) is 166 Å². The summed E-state index contributed by atoms with van der Waals surface area (Å²) in [5.74, 6) is -0.359. The lowest BCUT2D eigenvalue weighted by Crippen LogP contribution is -2.59. The van der Waals surface area contributed by atoms with Crippen molar-refractivity contribution in [1.29, 1.82) is 0 Å². The number of rotatable bonds is 34. The Labute approximate surface area is 339 Å². The van der Waals surface area contributed by atoms with Crippen LogP contribution in [0.3, 0.4) is 0 Å². The molecule has 0 aromatic heterocycles. The number of allylic oxidation sites excluding steroid dienone is 16. The minimum Gasteiger partial charge on any atom is -0.457 e. The zero-order valence-corrected chi connectivity index (χ0v) is 34.6. The van der Waals surface area contributed by atoms with Crippen molar-refractivity contribution in [3.63, 3.8) is 0 Å². The SMILES string of the molecule is CC/C=C\C/C=C\C/C=C\C/C=C\C/C=C\CCCCCC(=O)OC(COCCCCCC/C=C\C/C=C\C/C=C\CC)COC1OC(CO)C(O)C(O)C1O. The highest BCUT2D eigenvalue weighted by atomic mass is 16.7. The van der Waals surface area contributed by atoms with Gasteiger partial charge in [0, 0.05) is 13.0 Å². The summed E-state index contributed by atoms with van der Waals surface area (Å²) in [4.78, 5) is 12.8. The van der Waals surface area contributed by atoms with Crippen LogP contribution in [0.4, 0.5) is 0 Å². The number of aliphatic hydroxyl groups excluding tert-OH is 4. The Kier molecular flexibility index (Phi) is 34.4. The summed E-state index contributed by atoms with van der Waals surface area (Å²) in [5, 5.41) is 40.1. The number of hydrogen-bond acceptors (Lipinski definition) is 9. The van der Waals surface area contributed by atoms with E-state index in [1.165, 1.54) is 0 Å². The van der Waals surface area contributed by atoms with E-state index in [1.807, 2.05) is 0 Å². The third-order valence-corrected chi connectivity index (χ3v) is 9.00. The van der Waals surface area contributed by atoms with E-state index in [-0.39, 0.29) is 25.6 Å². The molecule has 0 spiro atoms. The fraction of sp³-hybridized carbons (Fsp3) is 0.638. The van der Waals surface area contributed by atoms with Crippen LogP contribution in [-0.2, 0) is 23.7 Å². The second-order valence-corrected chi connectivity index (χ2v) is 14.0. The van der Waals surface area contributed by atoms with E-state index in [2.05, 4.69) is 111 Å². The average molecular weight is 785 g/mol. The molecule has 318 valence electrons. The van der Waals surface area contributed by atoms with E-state index in [0.29, 0.717) is 13.0 Å². The molecule has 1 aliphatic heterocycles. The van der Waals surface area contributed by atoms with Gasteiger partial charge in [0.15, 0.2) is 6.29 Å². The second-order valence-electron chi connectivity index (χ2n) is 14.0. The van der Waals surface area contributed by atoms with E-state index >= 15 is 0 Å². The first kappa shape index (κ1) is 51.1. The third kappa shape index (κ3) is 28.5. The topological polar surface area (TPSA) is 135 Å². The molecule has 6 unspecified atom stereocenters. The van der Waals surface area contributed by atoms with Crippen molar-refractivity contribution >= 4 is 5.97 Å². The molecule has 9 heteroatoms. The molecule has 1 rings (SSSR count). The number of hydrogen-bond donors (Lipinski definition) is 4. The molecule has 1 saturated heterocycles. The summed E-state index contributed by atoms with van der Waals surface area (Å²) in [6, 6.07) is 0. The first-order chi connectivity index (χ1) is 27.4. The highest BCUT2D eigenvalue weighted by Crippen LogP contribution is 2.22. The van der Waals surface area contributed by atoms with Gasteiger partial charge >= 0.3 is 5.97 Å². The van der Waals surface area contributed by atoms with Crippen molar-refractivity contribution in [2.24, 2.45) is 0 Å². The van der Waals surface area contributed by atoms with Gasteiger partial charge in [-0.1, -0.05) is 130 Å². The summed E-state index contributed by atoms with van der Waals surface area (Å²) in [7, 11) is 0. The summed E-state index contributed by atoms with van der Waals surface area (Å²) in [6.45, 7) is 4.20. The molecule has 1 aliphatic rings. The van der Waals surface area contributed by atoms with Crippen LogP contribution in [0.5, 0.6) is 0 Å². The summed E-state index contributed by atoms with van der Waals surface area (Å²) in [5.41, 5.74) is 0. The van der Waals surface area contributed by atoms with Crippen LogP contribution in [-0.4, -0.2) is 89.6 Å². The molecular weight excluding hydrogens is 709 g/mol. The highest BCUT2D eigenvalue weighted by Gasteiger charge is 2.44. The van der Waals surface area contributed by atoms with E-state index in [9.17, 15) is 25.2 Å². The van der Waals surface area contributed by atoms with Gasteiger partial charge in [-0.15, -0.1) is 0 Å². The molecule has 1 heterocycles. The first-order valence-corrected chi connectivity index (χ1v) is 21.3. The molecule has 0 saturated carbocycles. The predicted molar refractivity (Wildman–Crippen MR) is 228 cm³/mol. The van der Waals surface area contributed by atoms with Gasteiger partial charge < -0.3 is 39.4 Å². The lowest BCUT2D eigenvalue weighted by molar-refractivity contribution is -0.305. The fourth-order valence-corrected chi connectivity index (χ4v) is 5.71. The zero-order chi connectivity index (χ0) is 40.7. The minimum atomic E-state index is -1.55. The fourth-order valence-electron chi connectivity index (χ4n) is 5.71. The smallest absolute Gasteiger partial charge is 0.306 e. The van der Waals surface area contributed by atoms with Gasteiger partial charge in [-0.25, -0.2) is 0 Å². The Hall–Kier alpha value is -2.89. The van der Waals surface area contributed by atoms with E-state index in [4.69, 9.17) is 18.9 Å². The van der Waals surface area contributed by atoms with Crippen molar-refractivity contribution in [3.05, 3.63) is 97.2 Å². The number of carbonyl (C=O) groups is 1. The molecule has 0 aromatic carbocycles. The Morgan fingerprint density at radius 1 is 0.571 bits per heavy atom. The van der Waals surface area contributed by atoms with Crippen LogP contribution < -0.4 is 0 Å². The van der Waals surface area contributed by atoms with Gasteiger partial charge in [0.25, 0.3) is 0 Å². The monoisotopic (exact) mass is 785 g/mol. The Morgan fingerprint density at radius 2 is 1.04 bits per heavy atom. The van der Waals surface area contributed by atoms with Crippen LogP contribution in [0.15, 0.2) is 97.2 Å². The molecule has 4 N–H and O–H groups in total. The summed E-state index contributed by atoms with van der Waals surface area (Å²) >= 11 is 0. The Morgan fingerprint density at radius 3 is 1.54 bits per heavy atom. The van der Waals surface area contributed by atoms with Gasteiger partial charge in [-0.05, 0) is 89.9 Å². The standard InChI is InChI=1S/C47H76O9/c1-3-5-7-9-11-13-15-17-19-20-21-22-23-24-26-28-30-32-34-36-43(49)55-41(40-54-47-46(52)45(51)44(50)42(38-48)56-47)39-53-37-35-33-31-29-27-25-18-16-14-12-10-8-6-4-2/h5-8,11-14,17-19,21-22,24-26,41-42,44-48,50-52H,3-4,9-10,15-16,20,23,27-40H2,1-2H3/b7-5-,8-6-,13-11-,14-12-,19-17-,22-21-,25-18-,26-24-. The lowest BCUT2D eigenvalue weighted by atomic mass is 9.99. The normalized spacial score (nSPS) is 21.6. The predicted octanol–water partition coefficient (Wildman–Crippen LogP) is 9.24. The van der Waals surface area contributed by atoms with Crippen LogP contribution in [0.25, 0.3) is 0 Å². The first-order valence-electron chi connectivity index (χ1n) is 21.3. The van der Waals surface area contributed by atoms with Crippen LogP contribution in [0.2, 0.25) is 0 Å². The average Bonchev–Trinajstić information content (AvgIpc) is 3.20. The number of esters is 1. The van der Waals surface area contributed by atoms with Crippen LogP contribution in [0, 0.1) is 0 Å². The molecule has 0 aliphatic carbocycles. The summed E-state index contributed by atoms with van der Waals surface area (Å²) < 4.78 is 22.7.